The molecular formula is C11H19NO5. The summed E-state index contributed by atoms with van der Waals surface area (Å²) in [5, 5.41) is 20.0. The molecule has 1 fully saturated rings. The number of nitrogens with one attached hydrogen (secondary N) is 1. The van der Waals surface area contributed by atoms with Gasteiger partial charge in [-0.1, -0.05) is 0 Å². The lowest BCUT2D eigenvalue weighted by Gasteiger charge is -2.21. The summed E-state index contributed by atoms with van der Waals surface area (Å²) < 4.78 is 5.41. The van der Waals surface area contributed by atoms with Crippen LogP contribution in [0.2, 0.25) is 0 Å². The van der Waals surface area contributed by atoms with Crippen LogP contribution in [0.3, 0.4) is 0 Å². The first-order chi connectivity index (χ1) is 8.09. The van der Waals surface area contributed by atoms with E-state index in [0.717, 1.165) is 19.3 Å². The van der Waals surface area contributed by atoms with Crippen LogP contribution in [-0.4, -0.2) is 47.4 Å². The van der Waals surface area contributed by atoms with Gasteiger partial charge < -0.3 is 20.3 Å². The summed E-state index contributed by atoms with van der Waals surface area (Å²) >= 11 is 0. The van der Waals surface area contributed by atoms with Crippen LogP contribution in [0, 0.1) is 0 Å². The smallest absolute Gasteiger partial charge is 0.332 e. The maximum atomic E-state index is 11.4. The Labute approximate surface area is 100.0 Å². The fraction of sp³-hybridized carbons (Fsp3) is 0.818. The molecule has 98 valence electrons. The largest absolute Gasteiger partial charge is 0.479 e. The highest BCUT2D eigenvalue weighted by Crippen LogP contribution is 2.15. The van der Waals surface area contributed by atoms with Gasteiger partial charge in [0.1, 0.15) is 0 Å². The number of rotatable bonds is 6. The summed E-state index contributed by atoms with van der Waals surface area (Å²) in [4.78, 5) is 21.8. The van der Waals surface area contributed by atoms with Crippen molar-refractivity contribution in [3.8, 4) is 0 Å². The van der Waals surface area contributed by atoms with Crippen molar-refractivity contribution in [2.45, 2.75) is 44.3 Å². The van der Waals surface area contributed by atoms with E-state index in [4.69, 9.17) is 14.9 Å². The zero-order chi connectivity index (χ0) is 12.7. The number of aliphatic hydroxyl groups excluding tert-OH is 1. The maximum Gasteiger partial charge on any atom is 0.332 e. The molecule has 2 atom stereocenters. The van der Waals surface area contributed by atoms with E-state index in [0.29, 0.717) is 13.0 Å². The fourth-order valence-electron chi connectivity index (χ4n) is 1.72. The van der Waals surface area contributed by atoms with Gasteiger partial charge in [0.2, 0.25) is 5.91 Å². The summed E-state index contributed by atoms with van der Waals surface area (Å²) in [6, 6.07) is 0. The van der Waals surface area contributed by atoms with Gasteiger partial charge >= 0.3 is 5.97 Å². The van der Waals surface area contributed by atoms with Crippen molar-refractivity contribution in [1.29, 1.82) is 0 Å². The van der Waals surface area contributed by atoms with Gasteiger partial charge in [-0.25, -0.2) is 4.79 Å². The zero-order valence-electron chi connectivity index (χ0n) is 9.72. The molecule has 0 aliphatic carbocycles. The highest BCUT2D eigenvalue weighted by Gasteiger charge is 2.18. The van der Waals surface area contributed by atoms with E-state index in [1.807, 2.05) is 0 Å². The van der Waals surface area contributed by atoms with Gasteiger partial charge in [-0.15, -0.1) is 0 Å². The number of hydrogen-bond donors (Lipinski definition) is 3. The third-order valence-electron chi connectivity index (χ3n) is 2.71. The monoisotopic (exact) mass is 245 g/mol. The lowest BCUT2D eigenvalue weighted by Crippen LogP contribution is -2.33. The fourth-order valence-corrected chi connectivity index (χ4v) is 1.72. The minimum atomic E-state index is -1.42. The molecule has 3 N–H and O–H groups in total. The number of ether oxygens (including phenoxy) is 1. The second-order valence-electron chi connectivity index (χ2n) is 4.19. The lowest BCUT2D eigenvalue weighted by molar-refractivity contribution is -0.147. The number of aliphatic carboxylic acids is 1. The van der Waals surface area contributed by atoms with Crippen molar-refractivity contribution in [1.82, 2.24) is 5.32 Å². The molecule has 0 spiro atoms. The molecule has 6 nitrogen and oxygen atoms in total. The first kappa shape index (κ1) is 13.9. The Morgan fingerprint density at radius 3 is 2.76 bits per heavy atom. The van der Waals surface area contributed by atoms with E-state index in [1.165, 1.54) is 0 Å². The van der Waals surface area contributed by atoms with Crippen LogP contribution in [0.5, 0.6) is 0 Å². The van der Waals surface area contributed by atoms with E-state index < -0.39 is 12.1 Å². The molecule has 6 heteroatoms. The Bertz CT molecular complexity index is 263. The minimum absolute atomic E-state index is 0.0202. The average Bonchev–Trinajstić information content (AvgIpc) is 2.30. The van der Waals surface area contributed by atoms with Crippen LogP contribution in [0.25, 0.3) is 0 Å². The molecule has 1 aliphatic rings. The first-order valence-corrected chi connectivity index (χ1v) is 5.88. The molecule has 0 radical (unpaired) electrons. The van der Waals surface area contributed by atoms with Crippen LogP contribution < -0.4 is 5.32 Å². The Balaban J connectivity index is 2.10. The van der Waals surface area contributed by atoms with Crippen molar-refractivity contribution in [2.75, 3.05) is 13.2 Å². The molecule has 17 heavy (non-hydrogen) atoms. The average molecular weight is 245 g/mol. The molecule has 0 saturated carbocycles. The van der Waals surface area contributed by atoms with E-state index in [2.05, 4.69) is 5.32 Å². The predicted molar refractivity (Wildman–Crippen MR) is 59.5 cm³/mol. The van der Waals surface area contributed by atoms with Crippen LogP contribution in [0.15, 0.2) is 0 Å². The van der Waals surface area contributed by atoms with E-state index in [-0.39, 0.29) is 25.0 Å². The zero-order valence-corrected chi connectivity index (χ0v) is 9.72. The second-order valence-corrected chi connectivity index (χ2v) is 4.19. The van der Waals surface area contributed by atoms with Gasteiger partial charge in [0.05, 0.1) is 12.5 Å². The van der Waals surface area contributed by atoms with Gasteiger partial charge in [-0.3, -0.25) is 4.79 Å². The number of carboxylic acids is 1. The molecule has 0 bridgehead atoms. The molecule has 0 aromatic rings. The van der Waals surface area contributed by atoms with E-state index >= 15 is 0 Å². The molecule has 0 aromatic carbocycles. The number of hydrogen-bond acceptors (Lipinski definition) is 4. The highest BCUT2D eigenvalue weighted by molar-refractivity contribution is 5.76. The van der Waals surface area contributed by atoms with Crippen molar-refractivity contribution < 1.29 is 24.5 Å². The topological polar surface area (TPSA) is 95.9 Å². The Kier molecular flexibility index (Phi) is 5.93. The highest BCUT2D eigenvalue weighted by atomic mass is 16.5. The van der Waals surface area contributed by atoms with Crippen molar-refractivity contribution in [3.05, 3.63) is 0 Å². The van der Waals surface area contributed by atoms with Gasteiger partial charge in [0.25, 0.3) is 0 Å². The molecule has 1 rings (SSSR count). The standard InChI is InChI=1S/C11H19NO5/c13-9(11(15)16)4-5-12-10(14)7-8-3-1-2-6-17-8/h8-9,13H,1-7H2,(H,12,14)(H,15,16). The molecule has 0 aromatic heterocycles. The Hall–Kier alpha value is -1.14. The van der Waals surface area contributed by atoms with Crippen molar-refractivity contribution in [2.24, 2.45) is 0 Å². The van der Waals surface area contributed by atoms with Gasteiger partial charge in [0.15, 0.2) is 6.10 Å². The maximum absolute atomic E-state index is 11.4. The first-order valence-electron chi connectivity index (χ1n) is 5.88. The lowest BCUT2D eigenvalue weighted by atomic mass is 10.1. The van der Waals surface area contributed by atoms with Crippen molar-refractivity contribution in [3.63, 3.8) is 0 Å². The van der Waals surface area contributed by atoms with Gasteiger partial charge in [-0.05, 0) is 19.3 Å². The number of carboxylic acid groups (broad SMARTS) is 1. The molecule has 1 saturated heterocycles. The molecular weight excluding hydrogens is 226 g/mol. The van der Waals surface area contributed by atoms with E-state index in [1.54, 1.807) is 0 Å². The summed E-state index contributed by atoms with van der Waals surface area (Å²) in [7, 11) is 0. The van der Waals surface area contributed by atoms with Gasteiger partial charge in [-0.2, -0.15) is 0 Å². The second kappa shape index (κ2) is 7.24. The quantitative estimate of drug-likeness (QED) is 0.607. The summed E-state index contributed by atoms with van der Waals surface area (Å²) in [5.41, 5.74) is 0. The van der Waals surface area contributed by atoms with Crippen LogP contribution in [0.4, 0.5) is 0 Å². The molecule has 1 amide bonds. The van der Waals surface area contributed by atoms with Crippen LogP contribution in [-0.2, 0) is 14.3 Å². The third-order valence-corrected chi connectivity index (χ3v) is 2.71. The minimum Gasteiger partial charge on any atom is -0.479 e. The third kappa shape index (κ3) is 5.65. The Morgan fingerprint density at radius 2 is 2.18 bits per heavy atom. The molecule has 2 unspecified atom stereocenters. The van der Waals surface area contributed by atoms with Crippen LogP contribution >= 0.6 is 0 Å². The predicted octanol–water partition coefficient (Wildman–Crippen LogP) is -0.103. The van der Waals surface area contributed by atoms with E-state index in [9.17, 15) is 9.59 Å². The normalized spacial score (nSPS) is 21.8. The molecule has 1 aliphatic heterocycles. The number of aliphatic hydroxyl groups is 1. The SMILES string of the molecule is O=C(CC1CCCCO1)NCCC(O)C(=O)O. The molecule has 1 heterocycles. The number of amides is 1. The summed E-state index contributed by atoms with van der Waals surface area (Å²) in [6.45, 7) is 0.870. The number of carbonyl (C=O) groups is 2. The van der Waals surface area contributed by atoms with Gasteiger partial charge in [0, 0.05) is 19.6 Å². The number of carbonyl (C=O) groups excluding carboxylic acids is 1. The summed E-state index contributed by atoms with van der Waals surface area (Å²) in [5.74, 6) is -1.43. The summed E-state index contributed by atoms with van der Waals surface area (Å²) in [6.07, 6.45) is 1.91. The van der Waals surface area contributed by atoms with Crippen LogP contribution in [0.1, 0.15) is 32.1 Å². The van der Waals surface area contributed by atoms with Crippen molar-refractivity contribution >= 4 is 11.9 Å². The Morgan fingerprint density at radius 1 is 1.41 bits per heavy atom.